The van der Waals surface area contributed by atoms with Gasteiger partial charge in [0.1, 0.15) is 0 Å². The lowest BCUT2D eigenvalue weighted by molar-refractivity contribution is 0.0691. The summed E-state index contributed by atoms with van der Waals surface area (Å²) >= 11 is 23.8. The molecular weight excluding hydrogens is 332 g/mol. The van der Waals surface area contributed by atoms with Crippen LogP contribution in [0.3, 0.4) is 0 Å². The van der Waals surface area contributed by atoms with Gasteiger partial charge in [-0.05, 0) is 18.2 Å². The van der Waals surface area contributed by atoms with Crippen LogP contribution in [0.5, 0.6) is 0 Å². The highest BCUT2D eigenvalue weighted by molar-refractivity contribution is 6.42. The molecule has 0 aliphatic carbocycles. The summed E-state index contributed by atoms with van der Waals surface area (Å²) in [7, 11) is 0. The molecule has 1 aromatic heterocycles. The molecule has 2 aromatic rings. The quantitative estimate of drug-likeness (QED) is 0.833. The highest BCUT2D eigenvalue weighted by Crippen LogP contribution is 2.37. The highest BCUT2D eigenvalue weighted by atomic mass is 35.5. The molecule has 0 aliphatic heterocycles. The zero-order valence-corrected chi connectivity index (χ0v) is 12.1. The van der Waals surface area contributed by atoms with Gasteiger partial charge in [0, 0.05) is 22.3 Å². The Hall–Kier alpha value is -1.000. The van der Waals surface area contributed by atoms with Crippen molar-refractivity contribution in [2.45, 2.75) is 0 Å². The van der Waals surface area contributed by atoms with Crippen LogP contribution >= 0.6 is 46.4 Å². The Morgan fingerprint density at radius 2 is 1.58 bits per heavy atom. The lowest BCUT2D eigenvalue weighted by Gasteiger charge is -2.09. The van der Waals surface area contributed by atoms with Crippen LogP contribution in [0, 0.1) is 0 Å². The van der Waals surface area contributed by atoms with Crippen LogP contribution in [-0.2, 0) is 0 Å². The van der Waals surface area contributed by atoms with Gasteiger partial charge in [0.25, 0.3) is 0 Å². The summed E-state index contributed by atoms with van der Waals surface area (Å²) in [5.74, 6) is -1.20. The molecule has 0 radical (unpaired) electrons. The van der Waals surface area contributed by atoms with E-state index in [-0.39, 0.29) is 10.7 Å². The lowest BCUT2D eigenvalue weighted by atomic mass is 10.1. The maximum absolute atomic E-state index is 10.8. The molecule has 0 spiro atoms. The largest absolute Gasteiger partial charge is 0.476 e. The summed E-state index contributed by atoms with van der Waals surface area (Å²) in [5.41, 5.74) is 0.785. The minimum Gasteiger partial charge on any atom is -0.476 e. The van der Waals surface area contributed by atoms with Crippen LogP contribution in [-0.4, -0.2) is 16.1 Å². The van der Waals surface area contributed by atoms with E-state index in [2.05, 4.69) is 4.98 Å². The molecule has 0 fully saturated rings. The number of carboxylic acids is 1. The van der Waals surface area contributed by atoms with Crippen molar-refractivity contribution in [3.8, 4) is 11.1 Å². The number of carboxylic acid groups (broad SMARTS) is 1. The molecule has 98 valence electrons. The second-order valence-corrected chi connectivity index (χ2v) is 5.26. The third kappa shape index (κ3) is 2.95. The minimum atomic E-state index is -1.20. The number of hydrogen-bond acceptors (Lipinski definition) is 2. The van der Waals surface area contributed by atoms with Gasteiger partial charge in [-0.2, -0.15) is 0 Å². The predicted molar refractivity (Wildman–Crippen MR) is 76.7 cm³/mol. The molecule has 2 rings (SSSR count). The van der Waals surface area contributed by atoms with Crippen molar-refractivity contribution in [2.75, 3.05) is 0 Å². The maximum Gasteiger partial charge on any atom is 0.356 e. The van der Waals surface area contributed by atoms with E-state index in [4.69, 9.17) is 51.5 Å². The van der Waals surface area contributed by atoms with Gasteiger partial charge in [-0.3, -0.25) is 0 Å². The molecule has 0 saturated heterocycles. The van der Waals surface area contributed by atoms with Crippen LogP contribution in [0.1, 0.15) is 10.5 Å². The molecule has 0 atom stereocenters. The SMILES string of the molecule is O=C(O)c1ncc(-c2c(Cl)cc(Cl)cc2Cl)cc1Cl. The Balaban J connectivity index is 2.61. The third-order valence-corrected chi connectivity index (χ3v) is 3.44. The summed E-state index contributed by atoms with van der Waals surface area (Å²) in [4.78, 5) is 14.6. The van der Waals surface area contributed by atoms with Crippen molar-refractivity contribution < 1.29 is 9.90 Å². The zero-order valence-electron chi connectivity index (χ0n) is 9.12. The van der Waals surface area contributed by atoms with Gasteiger partial charge in [0.15, 0.2) is 5.69 Å². The van der Waals surface area contributed by atoms with E-state index >= 15 is 0 Å². The number of carbonyl (C=O) groups is 1. The first-order valence-corrected chi connectivity index (χ1v) is 6.45. The van der Waals surface area contributed by atoms with E-state index in [0.717, 1.165) is 0 Å². The summed E-state index contributed by atoms with van der Waals surface area (Å²) in [6.07, 6.45) is 1.34. The van der Waals surface area contributed by atoms with Crippen molar-refractivity contribution in [3.63, 3.8) is 0 Å². The van der Waals surface area contributed by atoms with E-state index in [1.807, 2.05) is 0 Å². The Morgan fingerprint density at radius 1 is 1.00 bits per heavy atom. The van der Waals surface area contributed by atoms with Crippen LogP contribution in [0.4, 0.5) is 0 Å². The standard InChI is InChI=1S/C12H5Cl4NO2/c13-6-2-7(14)10(8(15)3-6)5-1-9(16)11(12(18)19)17-4-5/h1-4H,(H,18,19). The fraction of sp³-hybridized carbons (Fsp3) is 0. The first kappa shape index (κ1) is 14.4. The summed E-state index contributed by atoms with van der Waals surface area (Å²) in [6, 6.07) is 4.51. The van der Waals surface area contributed by atoms with Gasteiger partial charge in [-0.1, -0.05) is 46.4 Å². The van der Waals surface area contributed by atoms with Crippen LogP contribution in [0.2, 0.25) is 20.1 Å². The Bertz CT molecular complexity index is 650. The predicted octanol–water partition coefficient (Wildman–Crippen LogP) is 5.06. The van der Waals surface area contributed by atoms with Crippen LogP contribution in [0.25, 0.3) is 11.1 Å². The minimum absolute atomic E-state index is 0.00656. The van der Waals surface area contributed by atoms with E-state index in [1.54, 1.807) is 0 Å². The summed E-state index contributed by atoms with van der Waals surface area (Å²) in [5, 5.41) is 9.93. The second kappa shape index (κ2) is 5.55. The highest BCUT2D eigenvalue weighted by Gasteiger charge is 2.15. The fourth-order valence-electron chi connectivity index (χ4n) is 1.55. The van der Waals surface area contributed by atoms with E-state index in [0.29, 0.717) is 26.2 Å². The smallest absolute Gasteiger partial charge is 0.356 e. The van der Waals surface area contributed by atoms with Gasteiger partial charge in [-0.25, -0.2) is 9.78 Å². The van der Waals surface area contributed by atoms with Gasteiger partial charge in [-0.15, -0.1) is 0 Å². The molecule has 3 nitrogen and oxygen atoms in total. The van der Waals surface area contributed by atoms with Crippen molar-refractivity contribution >= 4 is 52.4 Å². The first-order chi connectivity index (χ1) is 8.90. The number of nitrogens with zero attached hydrogens (tertiary/aromatic N) is 1. The molecule has 1 heterocycles. The molecule has 0 aliphatic rings. The van der Waals surface area contributed by atoms with Crippen molar-refractivity contribution in [3.05, 3.63) is 50.2 Å². The van der Waals surface area contributed by atoms with E-state index < -0.39 is 5.97 Å². The maximum atomic E-state index is 10.8. The molecule has 1 aromatic carbocycles. The first-order valence-electron chi connectivity index (χ1n) is 4.94. The summed E-state index contributed by atoms with van der Waals surface area (Å²) in [6.45, 7) is 0. The van der Waals surface area contributed by atoms with Crippen LogP contribution in [0.15, 0.2) is 24.4 Å². The number of pyridine rings is 1. The van der Waals surface area contributed by atoms with Crippen LogP contribution < -0.4 is 0 Å². The number of hydrogen-bond donors (Lipinski definition) is 1. The van der Waals surface area contributed by atoms with Gasteiger partial charge < -0.3 is 5.11 Å². The van der Waals surface area contributed by atoms with Crippen molar-refractivity contribution in [1.29, 1.82) is 0 Å². The van der Waals surface area contributed by atoms with Crippen molar-refractivity contribution in [1.82, 2.24) is 4.98 Å². The summed E-state index contributed by atoms with van der Waals surface area (Å²) < 4.78 is 0. The molecular formula is C12H5Cl4NO2. The number of aromatic nitrogens is 1. The Morgan fingerprint density at radius 3 is 2.05 bits per heavy atom. The topological polar surface area (TPSA) is 50.2 Å². The number of benzene rings is 1. The second-order valence-electron chi connectivity index (χ2n) is 3.60. The zero-order chi connectivity index (χ0) is 14.2. The van der Waals surface area contributed by atoms with Gasteiger partial charge in [0.05, 0.1) is 15.1 Å². The van der Waals surface area contributed by atoms with Gasteiger partial charge >= 0.3 is 5.97 Å². The molecule has 7 heteroatoms. The van der Waals surface area contributed by atoms with Gasteiger partial charge in [0.2, 0.25) is 0 Å². The Labute approximate surface area is 128 Å². The molecule has 19 heavy (non-hydrogen) atoms. The average Bonchev–Trinajstić information content (AvgIpc) is 2.26. The third-order valence-electron chi connectivity index (χ3n) is 2.34. The molecule has 0 amide bonds. The van der Waals surface area contributed by atoms with Crippen molar-refractivity contribution in [2.24, 2.45) is 0 Å². The molecule has 1 N–H and O–H groups in total. The van der Waals surface area contributed by atoms with E-state index in [1.165, 1.54) is 24.4 Å². The lowest BCUT2D eigenvalue weighted by Crippen LogP contribution is -2.01. The number of halogens is 4. The molecule has 0 unspecified atom stereocenters. The monoisotopic (exact) mass is 335 g/mol. The number of aromatic carboxylic acids is 1. The van der Waals surface area contributed by atoms with E-state index in [9.17, 15) is 4.79 Å². The molecule has 0 saturated carbocycles. The Kier molecular flexibility index (Phi) is 4.21. The number of rotatable bonds is 2. The normalized spacial score (nSPS) is 10.5. The molecule has 0 bridgehead atoms. The average molecular weight is 337 g/mol. The fourth-order valence-corrected chi connectivity index (χ4v) is 2.83.